The van der Waals surface area contributed by atoms with E-state index in [1.807, 2.05) is 11.8 Å². The zero-order valence-electron chi connectivity index (χ0n) is 17.6. The second kappa shape index (κ2) is 10.1. The maximum absolute atomic E-state index is 5.11. The van der Waals surface area contributed by atoms with E-state index in [1.165, 1.54) is 87.3 Å². The summed E-state index contributed by atoms with van der Waals surface area (Å²) in [6.07, 6.45) is 14.9. The van der Waals surface area contributed by atoms with Gasteiger partial charge in [0.25, 0.3) is 0 Å². The van der Waals surface area contributed by atoms with Gasteiger partial charge in [-0.15, -0.1) is 0 Å². The van der Waals surface area contributed by atoms with E-state index in [4.69, 9.17) is 9.97 Å². The molecule has 0 saturated carbocycles. The highest BCUT2D eigenvalue weighted by molar-refractivity contribution is 7.98. The molecule has 1 aromatic rings. The van der Waals surface area contributed by atoms with Crippen molar-refractivity contribution >= 4 is 23.5 Å². The summed E-state index contributed by atoms with van der Waals surface area (Å²) < 4.78 is 0. The Balaban J connectivity index is 1.51. The average Bonchev–Trinajstić information content (AvgIpc) is 3.01. The standard InChI is InChI=1S/C22H37N5S/c1-28-16-15-26-12-8-9-18(17-26)23-22-24-20-11-5-4-10-19(20)21(25-22)27-13-6-2-3-7-14-27/h18H,2-17H2,1H3,(H,23,24,25). The third-order valence-corrected chi connectivity index (χ3v) is 7.11. The Bertz CT molecular complexity index is 630. The summed E-state index contributed by atoms with van der Waals surface area (Å²) in [6.45, 7) is 5.88. The first-order valence-corrected chi connectivity index (χ1v) is 12.9. The van der Waals surface area contributed by atoms with Gasteiger partial charge in [-0.05, 0) is 64.2 Å². The third kappa shape index (κ3) is 5.12. The van der Waals surface area contributed by atoms with Gasteiger partial charge in [-0.1, -0.05) is 12.8 Å². The Morgan fingerprint density at radius 1 is 0.964 bits per heavy atom. The zero-order valence-corrected chi connectivity index (χ0v) is 18.4. The van der Waals surface area contributed by atoms with Gasteiger partial charge in [0.1, 0.15) is 5.82 Å². The molecule has 28 heavy (non-hydrogen) atoms. The first-order valence-electron chi connectivity index (χ1n) is 11.5. The molecule has 1 aliphatic carbocycles. The predicted molar refractivity (Wildman–Crippen MR) is 121 cm³/mol. The molecule has 1 aromatic heterocycles. The van der Waals surface area contributed by atoms with E-state index in [1.54, 1.807) is 0 Å². The van der Waals surface area contributed by atoms with E-state index in [-0.39, 0.29) is 0 Å². The Morgan fingerprint density at radius 2 is 1.79 bits per heavy atom. The maximum atomic E-state index is 5.11. The molecule has 0 aromatic carbocycles. The number of piperidine rings is 1. The van der Waals surface area contributed by atoms with Crippen LogP contribution in [0.4, 0.5) is 11.8 Å². The second-order valence-corrected chi connectivity index (χ2v) is 9.67. The van der Waals surface area contributed by atoms with E-state index in [0.29, 0.717) is 6.04 Å². The quantitative estimate of drug-likeness (QED) is 0.775. The third-order valence-electron chi connectivity index (χ3n) is 6.52. The Labute approximate surface area is 175 Å². The molecule has 1 atom stereocenters. The maximum Gasteiger partial charge on any atom is 0.225 e. The van der Waals surface area contributed by atoms with Crippen LogP contribution in [-0.4, -0.2) is 65.6 Å². The van der Waals surface area contributed by atoms with Crippen LogP contribution >= 0.6 is 11.8 Å². The van der Waals surface area contributed by atoms with Crippen molar-refractivity contribution < 1.29 is 0 Å². The molecule has 0 amide bonds. The Kier molecular flexibility index (Phi) is 7.35. The number of thioether (sulfide) groups is 1. The van der Waals surface area contributed by atoms with Crippen molar-refractivity contribution in [2.24, 2.45) is 0 Å². The molecule has 3 heterocycles. The van der Waals surface area contributed by atoms with Gasteiger partial charge in [-0.2, -0.15) is 16.7 Å². The number of fused-ring (bicyclic) bond motifs is 1. The molecule has 0 spiro atoms. The van der Waals surface area contributed by atoms with Gasteiger partial charge in [0.2, 0.25) is 5.95 Å². The number of rotatable bonds is 6. The lowest BCUT2D eigenvalue weighted by Crippen LogP contribution is -2.43. The van der Waals surface area contributed by atoms with E-state index in [9.17, 15) is 0 Å². The van der Waals surface area contributed by atoms with Crippen molar-refractivity contribution in [3.05, 3.63) is 11.3 Å². The fraction of sp³-hybridized carbons (Fsp3) is 0.818. The Hall–Kier alpha value is -1.01. The van der Waals surface area contributed by atoms with E-state index in [2.05, 4.69) is 21.4 Å². The van der Waals surface area contributed by atoms with Crippen LogP contribution in [0.5, 0.6) is 0 Å². The number of likely N-dealkylation sites (tertiary alicyclic amines) is 1. The average molecular weight is 404 g/mol. The predicted octanol–water partition coefficient (Wildman–Crippen LogP) is 3.98. The van der Waals surface area contributed by atoms with Crippen LogP contribution in [0, 0.1) is 0 Å². The van der Waals surface area contributed by atoms with E-state index >= 15 is 0 Å². The molecule has 0 bridgehead atoms. The molecule has 4 rings (SSSR count). The van der Waals surface area contributed by atoms with Gasteiger partial charge >= 0.3 is 0 Å². The van der Waals surface area contributed by atoms with Crippen molar-refractivity contribution in [2.45, 2.75) is 70.3 Å². The molecule has 156 valence electrons. The van der Waals surface area contributed by atoms with Crippen LogP contribution in [0.2, 0.25) is 0 Å². The van der Waals surface area contributed by atoms with Crippen molar-refractivity contribution in [3.63, 3.8) is 0 Å². The van der Waals surface area contributed by atoms with Crippen LogP contribution in [0.15, 0.2) is 0 Å². The summed E-state index contributed by atoms with van der Waals surface area (Å²) in [5.41, 5.74) is 2.77. The van der Waals surface area contributed by atoms with Gasteiger partial charge in [0.15, 0.2) is 0 Å². The van der Waals surface area contributed by atoms with Crippen molar-refractivity contribution in [1.82, 2.24) is 14.9 Å². The zero-order chi connectivity index (χ0) is 19.2. The van der Waals surface area contributed by atoms with Gasteiger partial charge < -0.3 is 15.1 Å². The lowest BCUT2D eigenvalue weighted by molar-refractivity contribution is 0.228. The lowest BCUT2D eigenvalue weighted by Gasteiger charge is -2.33. The molecule has 2 aliphatic heterocycles. The van der Waals surface area contributed by atoms with Crippen LogP contribution in [-0.2, 0) is 12.8 Å². The van der Waals surface area contributed by atoms with Gasteiger partial charge in [-0.3, -0.25) is 0 Å². The van der Waals surface area contributed by atoms with Crippen LogP contribution in [0.1, 0.15) is 62.6 Å². The molecule has 1 unspecified atom stereocenters. The minimum Gasteiger partial charge on any atom is -0.356 e. The highest BCUT2D eigenvalue weighted by Crippen LogP contribution is 2.31. The molecule has 3 aliphatic rings. The minimum absolute atomic E-state index is 0.481. The largest absolute Gasteiger partial charge is 0.356 e. The summed E-state index contributed by atoms with van der Waals surface area (Å²) in [4.78, 5) is 15.3. The Morgan fingerprint density at radius 3 is 2.61 bits per heavy atom. The molecular formula is C22H37N5S. The molecule has 6 heteroatoms. The number of anilines is 2. The fourth-order valence-electron chi connectivity index (χ4n) is 4.96. The summed E-state index contributed by atoms with van der Waals surface area (Å²) in [5.74, 6) is 3.36. The number of aryl methyl sites for hydroxylation is 1. The first kappa shape index (κ1) is 20.3. The highest BCUT2D eigenvalue weighted by Gasteiger charge is 2.25. The van der Waals surface area contributed by atoms with Crippen molar-refractivity contribution in [3.8, 4) is 0 Å². The normalized spacial score (nSPS) is 23.9. The fourth-order valence-corrected chi connectivity index (χ4v) is 5.40. The molecular weight excluding hydrogens is 366 g/mol. The number of aromatic nitrogens is 2. The summed E-state index contributed by atoms with van der Waals surface area (Å²) >= 11 is 1.94. The van der Waals surface area contributed by atoms with Gasteiger partial charge in [0, 0.05) is 43.5 Å². The molecule has 0 radical (unpaired) electrons. The number of hydrogen-bond acceptors (Lipinski definition) is 6. The topological polar surface area (TPSA) is 44.3 Å². The van der Waals surface area contributed by atoms with Crippen LogP contribution < -0.4 is 10.2 Å². The molecule has 2 fully saturated rings. The summed E-state index contributed by atoms with van der Waals surface area (Å²) in [7, 11) is 0. The SMILES string of the molecule is CSCCN1CCCC(Nc2nc3c(c(N4CCCCCC4)n2)CCCC3)C1. The van der Waals surface area contributed by atoms with Gasteiger partial charge in [-0.25, -0.2) is 4.98 Å². The highest BCUT2D eigenvalue weighted by atomic mass is 32.2. The molecule has 2 saturated heterocycles. The van der Waals surface area contributed by atoms with Crippen molar-refractivity contribution in [2.75, 3.05) is 54.9 Å². The molecule has 5 nitrogen and oxygen atoms in total. The number of hydrogen-bond donors (Lipinski definition) is 1. The van der Waals surface area contributed by atoms with E-state index < -0.39 is 0 Å². The van der Waals surface area contributed by atoms with Crippen LogP contribution in [0.3, 0.4) is 0 Å². The van der Waals surface area contributed by atoms with Crippen molar-refractivity contribution in [1.29, 1.82) is 0 Å². The monoisotopic (exact) mass is 403 g/mol. The van der Waals surface area contributed by atoms with E-state index in [0.717, 1.165) is 38.4 Å². The first-order chi connectivity index (χ1) is 13.8. The number of nitrogens with zero attached hydrogens (tertiary/aromatic N) is 4. The lowest BCUT2D eigenvalue weighted by atomic mass is 9.96. The second-order valence-electron chi connectivity index (χ2n) is 8.68. The summed E-state index contributed by atoms with van der Waals surface area (Å²) in [5, 5.41) is 3.74. The van der Waals surface area contributed by atoms with Crippen LogP contribution in [0.25, 0.3) is 0 Å². The van der Waals surface area contributed by atoms with Gasteiger partial charge in [0.05, 0.1) is 5.69 Å². The minimum atomic E-state index is 0.481. The summed E-state index contributed by atoms with van der Waals surface area (Å²) in [6, 6.07) is 0.481. The molecule has 1 N–H and O–H groups in total. The smallest absolute Gasteiger partial charge is 0.225 e. The number of nitrogens with one attached hydrogen (secondary N) is 1.